The molecule has 0 fully saturated rings. The highest BCUT2D eigenvalue weighted by Crippen LogP contribution is 2.18. The van der Waals surface area contributed by atoms with Crippen LogP contribution in [0.1, 0.15) is 36.5 Å². The average Bonchev–Trinajstić information content (AvgIpc) is 2.92. The number of carbonyl (C=O) groups is 1. The molecule has 7 heteroatoms. The van der Waals surface area contributed by atoms with E-state index >= 15 is 0 Å². The van der Waals surface area contributed by atoms with E-state index in [0.29, 0.717) is 18.2 Å². The molecule has 24 heavy (non-hydrogen) atoms. The van der Waals surface area contributed by atoms with Crippen LogP contribution < -0.4 is 5.73 Å². The van der Waals surface area contributed by atoms with E-state index in [-0.39, 0.29) is 11.9 Å². The van der Waals surface area contributed by atoms with Gasteiger partial charge in [-0.05, 0) is 37.5 Å². The minimum Gasteiger partial charge on any atom is -0.340 e. The molecule has 6 nitrogen and oxygen atoms in total. The van der Waals surface area contributed by atoms with E-state index in [1.807, 2.05) is 31.2 Å². The topological polar surface area (TPSA) is 77.0 Å². The molecule has 1 aromatic heterocycles. The summed E-state index contributed by atoms with van der Waals surface area (Å²) in [6, 6.07) is 7.79. The van der Waals surface area contributed by atoms with Crippen LogP contribution in [0.3, 0.4) is 0 Å². The first-order valence-corrected chi connectivity index (χ1v) is 8.79. The second kappa shape index (κ2) is 7.90. The molecule has 2 N–H and O–H groups in total. The quantitative estimate of drug-likeness (QED) is 0.818. The number of hydrogen-bond donors (Lipinski definition) is 1. The lowest BCUT2D eigenvalue weighted by atomic mass is 10.0. The lowest BCUT2D eigenvalue weighted by molar-refractivity contribution is 0.0782. The fraction of sp³-hybridized carbons (Fsp3) is 0.471. The van der Waals surface area contributed by atoms with Crippen LogP contribution in [0.25, 0.3) is 5.69 Å². The summed E-state index contributed by atoms with van der Waals surface area (Å²) in [5.41, 5.74) is 8.00. The van der Waals surface area contributed by atoms with Crippen molar-refractivity contribution in [2.24, 2.45) is 11.7 Å². The van der Waals surface area contributed by atoms with Gasteiger partial charge in [-0.2, -0.15) is 0 Å². The summed E-state index contributed by atoms with van der Waals surface area (Å²) < 4.78 is 2.62. The van der Waals surface area contributed by atoms with Crippen molar-refractivity contribution in [3.63, 3.8) is 0 Å². The molecule has 0 saturated heterocycles. The van der Waals surface area contributed by atoms with E-state index < -0.39 is 0 Å². The van der Waals surface area contributed by atoms with Gasteiger partial charge in [-0.3, -0.25) is 4.79 Å². The van der Waals surface area contributed by atoms with E-state index in [1.165, 1.54) is 0 Å². The van der Waals surface area contributed by atoms with E-state index in [9.17, 15) is 4.79 Å². The number of rotatable bonds is 6. The molecule has 0 spiro atoms. The third-order valence-electron chi connectivity index (χ3n) is 4.15. The fourth-order valence-electron chi connectivity index (χ4n) is 2.34. The Kier molecular flexibility index (Phi) is 6.12. The predicted molar refractivity (Wildman–Crippen MR) is 98.2 cm³/mol. The molecule has 0 aliphatic heterocycles. The zero-order valence-corrected chi connectivity index (χ0v) is 16.1. The Labute approximate surface area is 151 Å². The Hall–Kier alpha value is -1.73. The lowest BCUT2D eigenvalue weighted by Gasteiger charge is -2.21. The summed E-state index contributed by atoms with van der Waals surface area (Å²) in [5.74, 6) is 0.261. The molecule has 1 heterocycles. The second-order valence-corrected chi connectivity index (χ2v) is 7.25. The van der Waals surface area contributed by atoms with Crippen molar-refractivity contribution in [2.75, 3.05) is 13.6 Å². The van der Waals surface area contributed by atoms with Crippen LogP contribution in [0.4, 0.5) is 0 Å². The second-order valence-electron chi connectivity index (χ2n) is 6.34. The van der Waals surface area contributed by atoms with Crippen molar-refractivity contribution in [3.8, 4) is 5.69 Å². The molecule has 0 bridgehead atoms. The molecule has 1 atom stereocenters. The smallest absolute Gasteiger partial charge is 0.276 e. The third-order valence-corrected chi connectivity index (χ3v) is 4.64. The van der Waals surface area contributed by atoms with Crippen molar-refractivity contribution in [1.29, 1.82) is 0 Å². The maximum Gasteiger partial charge on any atom is 0.276 e. The maximum absolute atomic E-state index is 12.6. The summed E-state index contributed by atoms with van der Waals surface area (Å²) in [6.45, 7) is 6.61. The molecule has 2 rings (SSSR count). The van der Waals surface area contributed by atoms with Gasteiger partial charge >= 0.3 is 0 Å². The Morgan fingerprint density at radius 2 is 2.12 bits per heavy atom. The van der Waals surface area contributed by atoms with Crippen molar-refractivity contribution >= 4 is 21.8 Å². The van der Waals surface area contributed by atoms with Crippen LogP contribution in [0, 0.1) is 12.8 Å². The monoisotopic (exact) mass is 393 g/mol. The highest BCUT2D eigenvalue weighted by atomic mass is 79.9. The SMILES string of the molecule is Cc1c(C(=O)N(C)CCC(N)C(C)C)nnn1-c1cccc(Br)c1. The molecule has 1 amide bonds. The van der Waals surface area contributed by atoms with Crippen molar-refractivity contribution < 1.29 is 4.79 Å². The number of carbonyl (C=O) groups excluding carboxylic acids is 1. The average molecular weight is 394 g/mol. The van der Waals surface area contributed by atoms with E-state index in [4.69, 9.17) is 5.73 Å². The molecular weight excluding hydrogens is 370 g/mol. The third kappa shape index (κ3) is 4.21. The van der Waals surface area contributed by atoms with Gasteiger partial charge in [0.2, 0.25) is 0 Å². The van der Waals surface area contributed by atoms with E-state index in [1.54, 1.807) is 16.6 Å². The van der Waals surface area contributed by atoms with Gasteiger partial charge in [0, 0.05) is 24.1 Å². The molecule has 1 unspecified atom stereocenters. The Balaban J connectivity index is 2.13. The number of nitrogens with zero attached hydrogens (tertiary/aromatic N) is 4. The minimum atomic E-state index is -0.135. The maximum atomic E-state index is 12.6. The van der Waals surface area contributed by atoms with Gasteiger partial charge in [0.15, 0.2) is 5.69 Å². The largest absolute Gasteiger partial charge is 0.340 e. The van der Waals surface area contributed by atoms with E-state index in [0.717, 1.165) is 22.3 Å². The molecule has 0 saturated carbocycles. The fourth-order valence-corrected chi connectivity index (χ4v) is 2.73. The normalized spacial score (nSPS) is 12.5. The number of hydrogen-bond acceptors (Lipinski definition) is 4. The Morgan fingerprint density at radius 3 is 2.75 bits per heavy atom. The molecule has 0 aliphatic rings. The van der Waals surface area contributed by atoms with Crippen molar-refractivity contribution in [3.05, 3.63) is 40.1 Å². The van der Waals surface area contributed by atoms with Gasteiger partial charge in [-0.15, -0.1) is 5.10 Å². The standard InChI is InChI=1S/C17H24BrN5O/c1-11(2)15(19)8-9-22(4)17(24)16-12(3)23(21-20-16)14-7-5-6-13(18)10-14/h5-7,10-11,15H,8-9,19H2,1-4H3. The lowest BCUT2D eigenvalue weighted by Crippen LogP contribution is -2.35. The summed E-state index contributed by atoms with van der Waals surface area (Å²) in [7, 11) is 1.77. The molecular formula is C17H24BrN5O. The van der Waals surface area contributed by atoms with Crippen LogP contribution in [0.2, 0.25) is 0 Å². The number of halogens is 1. The highest BCUT2D eigenvalue weighted by molar-refractivity contribution is 9.10. The molecule has 130 valence electrons. The zero-order chi connectivity index (χ0) is 17.9. The Morgan fingerprint density at radius 1 is 1.42 bits per heavy atom. The van der Waals surface area contributed by atoms with Crippen LogP contribution in [-0.2, 0) is 0 Å². The highest BCUT2D eigenvalue weighted by Gasteiger charge is 2.21. The van der Waals surface area contributed by atoms with Gasteiger partial charge < -0.3 is 10.6 Å². The van der Waals surface area contributed by atoms with Gasteiger partial charge in [0.05, 0.1) is 11.4 Å². The van der Waals surface area contributed by atoms with Crippen molar-refractivity contribution in [2.45, 2.75) is 33.2 Å². The first kappa shape index (κ1) is 18.6. The van der Waals surface area contributed by atoms with Gasteiger partial charge in [0.1, 0.15) is 0 Å². The molecule has 2 aromatic rings. The van der Waals surface area contributed by atoms with Crippen LogP contribution in [-0.4, -0.2) is 45.4 Å². The zero-order valence-electron chi connectivity index (χ0n) is 14.5. The summed E-state index contributed by atoms with van der Waals surface area (Å²) in [6.07, 6.45) is 0.763. The molecule has 0 radical (unpaired) electrons. The van der Waals surface area contributed by atoms with Crippen molar-refractivity contribution in [1.82, 2.24) is 19.9 Å². The Bertz CT molecular complexity index is 713. The summed E-state index contributed by atoms with van der Waals surface area (Å²) in [5, 5.41) is 8.21. The van der Waals surface area contributed by atoms with Gasteiger partial charge in [-0.1, -0.05) is 41.1 Å². The number of nitrogens with two attached hydrogens (primary N) is 1. The van der Waals surface area contributed by atoms with Crippen LogP contribution in [0.15, 0.2) is 28.7 Å². The van der Waals surface area contributed by atoms with E-state index in [2.05, 4.69) is 40.1 Å². The summed E-state index contributed by atoms with van der Waals surface area (Å²) in [4.78, 5) is 14.3. The molecule has 0 aliphatic carbocycles. The van der Waals surface area contributed by atoms with Crippen LogP contribution >= 0.6 is 15.9 Å². The van der Waals surface area contributed by atoms with Gasteiger partial charge in [-0.25, -0.2) is 4.68 Å². The first-order valence-electron chi connectivity index (χ1n) is 8.00. The summed E-state index contributed by atoms with van der Waals surface area (Å²) >= 11 is 3.44. The minimum absolute atomic E-state index is 0.0821. The number of benzene rings is 1. The number of aromatic nitrogens is 3. The number of amides is 1. The first-order chi connectivity index (χ1) is 11.3. The molecule has 1 aromatic carbocycles. The van der Waals surface area contributed by atoms with Gasteiger partial charge in [0.25, 0.3) is 5.91 Å². The predicted octanol–water partition coefficient (Wildman–Crippen LogP) is 2.78. The van der Waals surface area contributed by atoms with Crippen LogP contribution in [0.5, 0.6) is 0 Å².